The van der Waals surface area contributed by atoms with Crippen molar-refractivity contribution >= 4 is 39.2 Å². The van der Waals surface area contributed by atoms with E-state index in [0.29, 0.717) is 36.8 Å². The predicted octanol–water partition coefficient (Wildman–Crippen LogP) is 6.89. The normalized spacial score (nSPS) is 27.5. The van der Waals surface area contributed by atoms with Gasteiger partial charge in [-0.25, -0.2) is 17.9 Å². The molecule has 288 valence electrons. The number of anilines is 1. The van der Waals surface area contributed by atoms with Crippen molar-refractivity contribution < 1.29 is 37.0 Å². The summed E-state index contributed by atoms with van der Waals surface area (Å²) >= 11 is 6.45. The zero-order valence-electron chi connectivity index (χ0n) is 30.9. The highest BCUT2D eigenvalue weighted by Crippen LogP contribution is 2.47. The van der Waals surface area contributed by atoms with Crippen molar-refractivity contribution in [3.05, 3.63) is 106 Å². The van der Waals surface area contributed by atoms with Crippen LogP contribution in [0.5, 0.6) is 5.75 Å². The van der Waals surface area contributed by atoms with Crippen molar-refractivity contribution in [2.24, 2.45) is 11.8 Å². The SMILES string of the molecule is COC[C@H](C[C@@H]1CC/C=C/[C@H](OC)[C@@H]2CC[C@H]2CN2C[C@@]3(CCCc4cc(Cl)ccc43)COc3ccc(cc32)C(=O)NS1(=O)=O)OC(=O)c1ccccc1. The van der Waals surface area contributed by atoms with Crippen LogP contribution in [0.1, 0.15) is 76.8 Å². The van der Waals surface area contributed by atoms with Crippen molar-refractivity contribution in [3.8, 4) is 5.75 Å². The number of aryl methyl sites for hydroxylation is 1. The number of benzene rings is 3. The summed E-state index contributed by atoms with van der Waals surface area (Å²) in [5.74, 6) is -0.0389. The summed E-state index contributed by atoms with van der Waals surface area (Å²) in [5.41, 5.74) is 3.53. The maximum Gasteiger partial charge on any atom is 0.338 e. The Morgan fingerprint density at radius 3 is 2.67 bits per heavy atom. The Bertz CT molecular complexity index is 1970. The molecule has 54 heavy (non-hydrogen) atoms. The van der Waals surface area contributed by atoms with Crippen LogP contribution in [0.4, 0.5) is 5.69 Å². The first-order valence-electron chi connectivity index (χ1n) is 18.9. The fraction of sp³-hybridized carbons (Fsp3) is 0.476. The standard InChI is InChI=1S/C42H49ClN2O8S/c1-50-25-33(53-41(47)28-9-4-3-5-10-28)23-34-12-6-7-13-38(51-2)35-17-14-31(35)24-45-26-42(20-8-11-29-21-32(43)16-18-36(29)42)27-52-39-19-15-30(22-37(39)45)40(46)44-54(34,48)49/h3-5,7,9-10,13,15-16,18-19,21-22,31,33-35,38H,6,8,11-12,14,17,20,23-27H2,1-2H3,(H,44,46)/b13-7+/t31-,33-,34-,35+,38-,42-/m0/s1. The van der Waals surface area contributed by atoms with Gasteiger partial charge in [0.05, 0.1) is 35.8 Å². The zero-order valence-corrected chi connectivity index (χ0v) is 32.4. The van der Waals surface area contributed by atoms with Crippen LogP contribution in [0.3, 0.4) is 0 Å². The van der Waals surface area contributed by atoms with E-state index in [1.54, 1.807) is 55.6 Å². The largest absolute Gasteiger partial charge is 0.490 e. The summed E-state index contributed by atoms with van der Waals surface area (Å²) < 4.78 is 54.4. The molecule has 10 nitrogen and oxygen atoms in total. The first-order chi connectivity index (χ1) is 26.1. The van der Waals surface area contributed by atoms with E-state index in [4.69, 9.17) is 30.5 Å². The second-order valence-corrected chi connectivity index (χ2v) is 17.6. The smallest absolute Gasteiger partial charge is 0.338 e. The number of carbonyl (C=O) groups is 2. The molecular weight excluding hydrogens is 728 g/mol. The van der Waals surface area contributed by atoms with Crippen molar-refractivity contribution in [3.63, 3.8) is 0 Å². The van der Waals surface area contributed by atoms with Gasteiger partial charge in [-0.15, -0.1) is 0 Å². The number of hydrogen-bond donors (Lipinski definition) is 1. The van der Waals surface area contributed by atoms with E-state index >= 15 is 0 Å². The van der Waals surface area contributed by atoms with Crippen molar-refractivity contribution in [2.45, 2.75) is 74.2 Å². The summed E-state index contributed by atoms with van der Waals surface area (Å²) in [6, 6.07) is 19.9. The quantitative estimate of drug-likeness (QED) is 0.202. The second-order valence-electron chi connectivity index (χ2n) is 15.2. The van der Waals surface area contributed by atoms with Gasteiger partial charge >= 0.3 is 5.97 Å². The van der Waals surface area contributed by atoms with Crippen LogP contribution < -0.4 is 14.4 Å². The minimum absolute atomic E-state index is 0.0111. The average molecular weight is 777 g/mol. The van der Waals surface area contributed by atoms with E-state index in [2.05, 4.69) is 21.8 Å². The molecule has 3 aromatic rings. The molecule has 0 unspecified atom stereocenters. The van der Waals surface area contributed by atoms with Gasteiger partial charge < -0.3 is 23.8 Å². The topological polar surface area (TPSA) is 120 Å². The Morgan fingerprint density at radius 2 is 1.91 bits per heavy atom. The third-order valence-corrected chi connectivity index (χ3v) is 13.8. The molecule has 2 bridgehead atoms. The minimum Gasteiger partial charge on any atom is -0.490 e. The third-order valence-electron chi connectivity index (χ3n) is 11.7. The van der Waals surface area contributed by atoms with E-state index in [-0.39, 0.29) is 42.4 Å². The Hall–Kier alpha value is -3.90. The Balaban J connectivity index is 1.22. The van der Waals surface area contributed by atoms with Gasteiger partial charge in [0.25, 0.3) is 5.91 Å². The molecule has 4 aliphatic rings. The number of methoxy groups -OCH3 is 2. The van der Waals surface area contributed by atoms with E-state index < -0.39 is 33.3 Å². The summed E-state index contributed by atoms with van der Waals surface area (Å²) in [6.07, 6.45) is 8.52. The van der Waals surface area contributed by atoms with Crippen LogP contribution in [-0.2, 0) is 36.1 Å². The molecule has 6 atom stereocenters. The number of carbonyl (C=O) groups excluding carboxylic acids is 2. The number of allylic oxidation sites excluding steroid dienone is 1. The molecule has 0 aromatic heterocycles. The first-order valence-corrected chi connectivity index (χ1v) is 20.8. The Morgan fingerprint density at radius 1 is 1.07 bits per heavy atom. The van der Waals surface area contributed by atoms with Gasteiger partial charge in [0.1, 0.15) is 11.9 Å². The molecule has 1 fully saturated rings. The number of sulfonamides is 1. The zero-order chi connectivity index (χ0) is 37.9. The van der Waals surface area contributed by atoms with E-state index in [1.807, 2.05) is 18.2 Å². The van der Waals surface area contributed by atoms with Crippen LogP contribution in [-0.4, -0.2) is 78.3 Å². The first kappa shape index (κ1) is 38.4. The molecule has 1 amide bonds. The lowest BCUT2D eigenvalue weighted by Crippen LogP contribution is -2.49. The molecule has 2 heterocycles. The van der Waals surface area contributed by atoms with E-state index in [0.717, 1.165) is 49.4 Å². The fourth-order valence-electron chi connectivity index (χ4n) is 8.80. The number of rotatable bonds is 7. The van der Waals surface area contributed by atoms with Crippen molar-refractivity contribution in [2.75, 3.05) is 45.4 Å². The lowest BCUT2D eigenvalue weighted by molar-refractivity contribution is 0.00264. The van der Waals surface area contributed by atoms with Gasteiger partial charge in [-0.2, -0.15) is 0 Å². The molecule has 7 rings (SSSR count). The molecule has 1 N–H and O–H groups in total. The van der Waals surface area contributed by atoms with Crippen LogP contribution in [0.15, 0.2) is 78.9 Å². The lowest BCUT2D eigenvalue weighted by Gasteiger charge is -2.46. The molecule has 0 saturated heterocycles. The monoisotopic (exact) mass is 776 g/mol. The molecule has 1 saturated carbocycles. The molecule has 3 aromatic carbocycles. The minimum atomic E-state index is -4.26. The molecule has 2 aliphatic heterocycles. The number of hydrogen-bond acceptors (Lipinski definition) is 9. The van der Waals surface area contributed by atoms with E-state index in [1.165, 1.54) is 18.2 Å². The lowest BCUT2D eigenvalue weighted by atomic mass is 9.68. The second kappa shape index (κ2) is 16.5. The van der Waals surface area contributed by atoms with E-state index in [9.17, 15) is 18.0 Å². The van der Waals surface area contributed by atoms with Gasteiger partial charge in [0, 0.05) is 49.7 Å². The molecule has 2 aliphatic carbocycles. The molecule has 12 heteroatoms. The van der Waals surface area contributed by atoms with Gasteiger partial charge in [0.2, 0.25) is 10.0 Å². The summed E-state index contributed by atoms with van der Waals surface area (Å²) in [5, 5.41) is -0.347. The maximum atomic E-state index is 14.1. The van der Waals surface area contributed by atoms with Crippen molar-refractivity contribution in [1.29, 1.82) is 0 Å². The Labute approximate surface area is 323 Å². The highest BCUT2D eigenvalue weighted by atomic mass is 35.5. The van der Waals surface area contributed by atoms with Crippen molar-refractivity contribution in [1.82, 2.24) is 4.72 Å². The summed E-state index contributed by atoms with van der Waals surface area (Å²) in [6.45, 7) is 1.89. The number of esters is 1. The molecule has 1 spiro atoms. The summed E-state index contributed by atoms with van der Waals surface area (Å²) in [4.78, 5) is 29.3. The Kier molecular flexibility index (Phi) is 11.7. The fourth-order valence-corrected chi connectivity index (χ4v) is 10.4. The number of fused-ring (bicyclic) bond motifs is 4. The highest BCUT2D eigenvalue weighted by Gasteiger charge is 2.44. The van der Waals surface area contributed by atoms with Gasteiger partial charge in [-0.3, -0.25) is 4.79 Å². The van der Waals surface area contributed by atoms with Crippen LogP contribution >= 0.6 is 11.6 Å². The van der Waals surface area contributed by atoms with Gasteiger partial charge in [0.15, 0.2) is 0 Å². The number of nitrogens with one attached hydrogen (secondary N) is 1. The van der Waals surface area contributed by atoms with Crippen LogP contribution in [0, 0.1) is 11.8 Å². The maximum absolute atomic E-state index is 14.1. The number of amides is 1. The van der Waals surface area contributed by atoms with Crippen LogP contribution in [0.25, 0.3) is 0 Å². The number of ether oxygens (including phenoxy) is 4. The number of nitrogens with zero attached hydrogens (tertiary/aromatic N) is 1. The average Bonchev–Trinajstić information content (AvgIpc) is 3.30. The van der Waals surface area contributed by atoms with Gasteiger partial charge in [-0.05, 0) is 110 Å². The molecular formula is C42H49ClN2O8S. The van der Waals surface area contributed by atoms with Gasteiger partial charge in [-0.1, -0.05) is 48.0 Å². The molecule has 0 radical (unpaired) electrons. The predicted molar refractivity (Wildman–Crippen MR) is 208 cm³/mol. The number of halogens is 1. The summed E-state index contributed by atoms with van der Waals surface area (Å²) in [7, 11) is -1.07. The van der Waals surface area contributed by atoms with Crippen LogP contribution in [0.2, 0.25) is 5.02 Å². The highest BCUT2D eigenvalue weighted by molar-refractivity contribution is 7.90. The third kappa shape index (κ3) is 8.20.